The van der Waals surface area contributed by atoms with E-state index in [1.807, 2.05) is 0 Å². The quantitative estimate of drug-likeness (QED) is 0.0896. The summed E-state index contributed by atoms with van der Waals surface area (Å²) in [4.78, 5) is 36.0. The van der Waals surface area contributed by atoms with Crippen LogP contribution in [0.3, 0.4) is 0 Å². The number of hydrogen-bond acceptors (Lipinski definition) is 5. The molecule has 8 nitrogen and oxygen atoms in total. The third-order valence-electron chi connectivity index (χ3n) is 7.38. The molecule has 0 rings (SSSR count). The Balaban J connectivity index is 4.47. The fourth-order valence-electron chi connectivity index (χ4n) is 4.77. The van der Waals surface area contributed by atoms with Gasteiger partial charge >= 0.3 is 5.97 Å². The first kappa shape index (κ1) is 36.3. The molecule has 0 radical (unpaired) electrons. The van der Waals surface area contributed by atoms with Crippen LogP contribution >= 0.6 is 0 Å². The first-order valence-corrected chi connectivity index (χ1v) is 15.6. The minimum Gasteiger partial charge on any atom is -0.480 e. The summed E-state index contributed by atoms with van der Waals surface area (Å²) in [6.45, 7) is 5.99. The number of carbonyl (C=O) groups is 3. The third kappa shape index (κ3) is 22.3. The van der Waals surface area contributed by atoms with Gasteiger partial charge in [0.25, 0.3) is 0 Å². The second kappa shape index (κ2) is 25.6. The molecule has 7 N–H and O–H groups in total. The van der Waals surface area contributed by atoms with Crippen molar-refractivity contribution in [3.8, 4) is 0 Å². The third-order valence-corrected chi connectivity index (χ3v) is 7.38. The fraction of sp³-hybridized carbons (Fsp3) is 0.900. The molecule has 8 heteroatoms. The average molecular weight is 541 g/mol. The minimum atomic E-state index is -0.992. The van der Waals surface area contributed by atoms with Crippen molar-refractivity contribution in [1.82, 2.24) is 10.6 Å². The number of nitrogens with one attached hydrogen (secondary N) is 2. The van der Waals surface area contributed by atoms with Gasteiger partial charge in [0, 0.05) is 25.9 Å². The predicted octanol–water partition coefficient (Wildman–Crippen LogP) is 5.27. The van der Waals surface area contributed by atoms with Crippen LogP contribution in [0.15, 0.2) is 0 Å². The molecule has 38 heavy (non-hydrogen) atoms. The molecule has 0 aliphatic heterocycles. The summed E-state index contributed by atoms with van der Waals surface area (Å²) in [5, 5.41) is 14.9. The van der Waals surface area contributed by atoms with Crippen molar-refractivity contribution < 1.29 is 19.5 Å². The van der Waals surface area contributed by atoms with Gasteiger partial charge in [0.2, 0.25) is 11.8 Å². The average Bonchev–Trinajstić information content (AvgIpc) is 2.89. The number of hydrogen-bond donors (Lipinski definition) is 5. The molecule has 0 aromatic heterocycles. The van der Waals surface area contributed by atoms with E-state index in [-0.39, 0.29) is 23.7 Å². The number of aliphatic carboxylic acids is 1. The van der Waals surface area contributed by atoms with Crippen LogP contribution in [-0.4, -0.2) is 48.6 Å². The maximum atomic E-state index is 12.7. The van der Waals surface area contributed by atoms with Crippen LogP contribution in [0.5, 0.6) is 0 Å². The molecule has 0 aromatic rings. The van der Waals surface area contributed by atoms with Gasteiger partial charge in [-0.3, -0.25) is 14.4 Å². The molecule has 0 saturated heterocycles. The molecule has 0 fully saturated rings. The van der Waals surface area contributed by atoms with Gasteiger partial charge in [-0.25, -0.2) is 0 Å². The monoisotopic (exact) mass is 540 g/mol. The van der Waals surface area contributed by atoms with Gasteiger partial charge in [-0.1, -0.05) is 90.9 Å². The van der Waals surface area contributed by atoms with E-state index in [4.69, 9.17) is 16.6 Å². The second-order valence-corrected chi connectivity index (χ2v) is 11.1. The molecule has 3 unspecified atom stereocenters. The lowest BCUT2D eigenvalue weighted by Gasteiger charge is -2.19. The molecule has 224 valence electrons. The summed E-state index contributed by atoms with van der Waals surface area (Å²) in [5.41, 5.74) is 11.5. The molecule has 0 spiro atoms. The van der Waals surface area contributed by atoms with E-state index in [9.17, 15) is 14.4 Å². The number of carbonyl (C=O) groups excluding carboxylic acids is 2. The summed E-state index contributed by atoms with van der Waals surface area (Å²) in [6.07, 6.45) is 19.1. The number of unbranched alkanes of at least 4 members (excludes halogenated alkanes) is 11. The van der Waals surface area contributed by atoms with Crippen molar-refractivity contribution in [2.45, 2.75) is 142 Å². The predicted molar refractivity (Wildman–Crippen MR) is 157 cm³/mol. The molecule has 2 amide bonds. The lowest BCUT2D eigenvalue weighted by Crippen LogP contribution is -2.35. The largest absolute Gasteiger partial charge is 0.480 e. The summed E-state index contributed by atoms with van der Waals surface area (Å²) in [6, 6.07) is -0.847. The summed E-state index contributed by atoms with van der Waals surface area (Å²) in [7, 11) is 0. The van der Waals surface area contributed by atoms with Crippen LogP contribution in [-0.2, 0) is 14.4 Å². The van der Waals surface area contributed by atoms with E-state index in [0.717, 1.165) is 32.1 Å². The first-order valence-electron chi connectivity index (χ1n) is 15.6. The lowest BCUT2D eigenvalue weighted by atomic mass is 9.95. The van der Waals surface area contributed by atoms with Gasteiger partial charge in [0.05, 0.1) is 0 Å². The van der Waals surface area contributed by atoms with Gasteiger partial charge in [0.1, 0.15) is 6.04 Å². The van der Waals surface area contributed by atoms with Crippen LogP contribution in [0, 0.1) is 11.8 Å². The number of amides is 2. The van der Waals surface area contributed by atoms with E-state index >= 15 is 0 Å². The summed E-state index contributed by atoms with van der Waals surface area (Å²) >= 11 is 0. The van der Waals surface area contributed by atoms with Crippen molar-refractivity contribution in [2.24, 2.45) is 23.3 Å². The number of carboxylic acids is 1. The highest BCUT2D eigenvalue weighted by Gasteiger charge is 2.17. The van der Waals surface area contributed by atoms with Gasteiger partial charge in [0.15, 0.2) is 0 Å². The van der Waals surface area contributed by atoms with E-state index in [2.05, 4.69) is 24.5 Å². The zero-order valence-electron chi connectivity index (χ0n) is 24.6. The van der Waals surface area contributed by atoms with E-state index in [1.54, 1.807) is 0 Å². The van der Waals surface area contributed by atoms with E-state index in [0.29, 0.717) is 51.7 Å². The Morgan fingerprint density at radius 2 is 1.13 bits per heavy atom. The van der Waals surface area contributed by atoms with Crippen molar-refractivity contribution >= 4 is 17.8 Å². The highest BCUT2D eigenvalue weighted by Crippen LogP contribution is 2.17. The normalized spacial score (nSPS) is 13.6. The molecule has 0 bridgehead atoms. The van der Waals surface area contributed by atoms with Crippen LogP contribution < -0.4 is 22.1 Å². The smallest absolute Gasteiger partial charge is 0.320 e. The van der Waals surface area contributed by atoms with Crippen molar-refractivity contribution in [3.05, 3.63) is 0 Å². The van der Waals surface area contributed by atoms with Crippen molar-refractivity contribution in [1.29, 1.82) is 0 Å². The number of carboxylic acid groups (broad SMARTS) is 1. The number of rotatable bonds is 27. The zero-order valence-corrected chi connectivity index (χ0v) is 24.6. The second-order valence-electron chi connectivity index (χ2n) is 11.1. The summed E-state index contributed by atoms with van der Waals surface area (Å²) < 4.78 is 0. The van der Waals surface area contributed by atoms with Gasteiger partial charge in [-0.15, -0.1) is 0 Å². The Morgan fingerprint density at radius 3 is 1.68 bits per heavy atom. The fourth-order valence-corrected chi connectivity index (χ4v) is 4.77. The molecule has 0 saturated carbocycles. The van der Waals surface area contributed by atoms with Gasteiger partial charge in [-0.05, 0) is 50.5 Å². The van der Waals surface area contributed by atoms with Crippen LogP contribution in [0.25, 0.3) is 0 Å². The molecule has 0 aliphatic rings. The van der Waals surface area contributed by atoms with E-state index in [1.165, 1.54) is 57.8 Å². The molecule has 0 heterocycles. The Kier molecular flexibility index (Phi) is 24.5. The topological polar surface area (TPSA) is 148 Å². The minimum absolute atomic E-state index is 0.0133. The molecule has 0 aliphatic carbocycles. The van der Waals surface area contributed by atoms with Gasteiger partial charge in [-0.2, -0.15) is 0 Å². The molecular formula is C30H60N4O4. The van der Waals surface area contributed by atoms with Crippen LogP contribution in [0.4, 0.5) is 0 Å². The SMILES string of the molecule is CCCCCCCCC(CN)CC(=O)NCC(CCCCCCCC)CC(=O)NCCCCC(N)C(=O)O. The first-order chi connectivity index (χ1) is 18.3. The zero-order chi connectivity index (χ0) is 28.4. The Labute approximate surface area is 232 Å². The highest BCUT2D eigenvalue weighted by molar-refractivity contribution is 5.77. The maximum Gasteiger partial charge on any atom is 0.320 e. The Bertz CT molecular complexity index is 603. The molecular weight excluding hydrogens is 480 g/mol. The Morgan fingerprint density at radius 1 is 0.658 bits per heavy atom. The lowest BCUT2D eigenvalue weighted by molar-refractivity contribution is -0.138. The van der Waals surface area contributed by atoms with Crippen molar-refractivity contribution in [3.63, 3.8) is 0 Å². The summed E-state index contributed by atoms with van der Waals surface area (Å²) in [5.74, 6) is -0.639. The standard InChI is InChI=1S/C30H60N4O4/c1-3-5-7-9-11-13-17-25(23-31)21-29(36)34-24-26(18-14-12-10-8-6-4-2)22-28(35)33-20-16-15-19-27(32)30(37)38/h25-27H,3-24,31-32H2,1-2H3,(H,33,35)(H,34,36)(H,37,38). The van der Waals surface area contributed by atoms with Crippen LogP contribution in [0.2, 0.25) is 0 Å². The molecule has 0 aromatic carbocycles. The number of nitrogens with two attached hydrogens (primary N) is 2. The molecule has 3 atom stereocenters. The maximum absolute atomic E-state index is 12.7. The van der Waals surface area contributed by atoms with E-state index < -0.39 is 12.0 Å². The van der Waals surface area contributed by atoms with Crippen LogP contribution in [0.1, 0.15) is 136 Å². The van der Waals surface area contributed by atoms with Crippen molar-refractivity contribution in [2.75, 3.05) is 19.6 Å². The highest BCUT2D eigenvalue weighted by atomic mass is 16.4. The van der Waals surface area contributed by atoms with Gasteiger partial charge < -0.3 is 27.2 Å². The Hall–Kier alpha value is -1.67.